The molecule has 3 rings (SSSR count). The summed E-state index contributed by atoms with van der Waals surface area (Å²) in [7, 11) is 0. The van der Waals surface area contributed by atoms with Crippen LogP contribution in [-0.4, -0.2) is 36.6 Å². The number of thiophene rings is 2. The molecule has 124 valence electrons. The van der Waals surface area contributed by atoms with E-state index < -0.39 is 18.6 Å². The smallest absolute Gasteiger partial charge is 0.346 e. The molecule has 1 aliphatic rings. The lowest BCUT2D eigenvalue weighted by Crippen LogP contribution is -2.44. The first-order chi connectivity index (χ1) is 10.9. The molecular formula is C15H15F3N2OS2. The first-order valence-electron chi connectivity index (χ1n) is 7.11. The molecule has 0 saturated carbocycles. The molecule has 0 aromatic carbocycles. The number of nitrogens with one attached hydrogen (secondary N) is 1. The fraction of sp³-hybridized carbons (Fsp3) is 0.400. The number of carbonyl (C=O) groups is 1. The van der Waals surface area contributed by atoms with Crippen LogP contribution < -0.4 is 5.32 Å². The van der Waals surface area contributed by atoms with Crippen LogP contribution in [0.15, 0.2) is 29.0 Å². The van der Waals surface area contributed by atoms with E-state index in [0.717, 1.165) is 16.9 Å². The summed E-state index contributed by atoms with van der Waals surface area (Å²) in [6.45, 7) is -0.656. The number of amides is 1. The highest BCUT2D eigenvalue weighted by Crippen LogP contribution is 2.39. The van der Waals surface area contributed by atoms with Crippen molar-refractivity contribution in [2.75, 3.05) is 19.6 Å². The Morgan fingerprint density at radius 2 is 2.13 bits per heavy atom. The van der Waals surface area contributed by atoms with Gasteiger partial charge in [-0.2, -0.15) is 13.2 Å². The standard InChI is InChI=1S/C15H15F3N2OS2/c16-15(17,18)9-19-13(21)8-20-5-3-11-10(4-7-23-11)14(20)12-2-1-6-22-12/h1-2,4,6-7,14H,3,5,8-9H2,(H,19,21). The fourth-order valence-corrected chi connectivity index (χ4v) is 4.54. The van der Waals surface area contributed by atoms with Crippen molar-refractivity contribution < 1.29 is 18.0 Å². The minimum atomic E-state index is -4.38. The summed E-state index contributed by atoms with van der Waals surface area (Å²) in [5.41, 5.74) is 1.16. The molecule has 2 aromatic rings. The average molecular weight is 360 g/mol. The van der Waals surface area contributed by atoms with Crippen molar-refractivity contribution in [3.63, 3.8) is 0 Å². The molecule has 23 heavy (non-hydrogen) atoms. The Bertz CT molecular complexity index is 667. The van der Waals surface area contributed by atoms with Crippen LogP contribution >= 0.6 is 22.7 Å². The largest absolute Gasteiger partial charge is 0.405 e. The van der Waals surface area contributed by atoms with E-state index in [1.165, 1.54) is 4.88 Å². The second-order valence-corrected chi connectivity index (χ2v) is 7.31. The van der Waals surface area contributed by atoms with Gasteiger partial charge in [0.15, 0.2) is 0 Å². The van der Waals surface area contributed by atoms with Gasteiger partial charge in [-0.05, 0) is 34.9 Å². The number of fused-ring (bicyclic) bond motifs is 1. The van der Waals surface area contributed by atoms with E-state index in [1.807, 2.05) is 39.2 Å². The highest BCUT2D eigenvalue weighted by molar-refractivity contribution is 7.10. The van der Waals surface area contributed by atoms with Gasteiger partial charge in [-0.1, -0.05) is 6.07 Å². The van der Waals surface area contributed by atoms with Crippen molar-refractivity contribution in [2.24, 2.45) is 0 Å². The number of hydrogen-bond donors (Lipinski definition) is 1. The first-order valence-corrected chi connectivity index (χ1v) is 8.87. The van der Waals surface area contributed by atoms with Gasteiger partial charge in [0.1, 0.15) is 6.54 Å². The van der Waals surface area contributed by atoms with Gasteiger partial charge in [-0.15, -0.1) is 22.7 Å². The Balaban J connectivity index is 1.75. The van der Waals surface area contributed by atoms with Crippen molar-refractivity contribution in [3.05, 3.63) is 44.3 Å². The van der Waals surface area contributed by atoms with Crippen molar-refractivity contribution in [2.45, 2.75) is 18.6 Å². The van der Waals surface area contributed by atoms with Gasteiger partial charge in [0.25, 0.3) is 0 Å². The Kier molecular flexibility index (Phi) is 4.74. The van der Waals surface area contributed by atoms with Crippen molar-refractivity contribution in [1.82, 2.24) is 10.2 Å². The molecule has 3 heterocycles. The van der Waals surface area contributed by atoms with E-state index in [-0.39, 0.29) is 12.6 Å². The molecule has 1 N–H and O–H groups in total. The summed E-state index contributed by atoms with van der Waals surface area (Å²) in [4.78, 5) is 16.2. The minimum Gasteiger partial charge on any atom is -0.346 e. The molecule has 0 aliphatic carbocycles. The van der Waals surface area contributed by atoms with Crippen LogP contribution in [0.25, 0.3) is 0 Å². The Morgan fingerprint density at radius 1 is 1.30 bits per heavy atom. The summed E-state index contributed by atoms with van der Waals surface area (Å²) in [5, 5.41) is 5.95. The maximum absolute atomic E-state index is 12.2. The molecule has 0 saturated heterocycles. The predicted octanol–water partition coefficient (Wildman–Crippen LogP) is 3.44. The molecule has 1 aliphatic heterocycles. The van der Waals surface area contributed by atoms with Crippen LogP contribution in [0.5, 0.6) is 0 Å². The van der Waals surface area contributed by atoms with Crippen LogP contribution in [-0.2, 0) is 11.2 Å². The van der Waals surface area contributed by atoms with Crippen LogP contribution in [0.2, 0.25) is 0 Å². The van der Waals surface area contributed by atoms with E-state index in [9.17, 15) is 18.0 Å². The molecule has 0 fully saturated rings. The summed E-state index contributed by atoms with van der Waals surface area (Å²) >= 11 is 3.29. The minimum absolute atomic E-state index is 0.0338. The molecule has 1 unspecified atom stereocenters. The number of carbonyl (C=O) groups excluding carboxylic acids is 1. The summed E-state index contributed by atoms with van der Waals surface area (Å²) < 4.78 is 36.7. The SMILES string of the molecule is O=C(CN1CCc2sccc2C1c1cccs1)NCC(F)(F)F. The van der Waals surface area contributed by atoms with E-state index in [1.54, 1.807) is 22.7 Å². The van der Waals surface area contributed by atoms with Crippen LogP contribution in [0.1, 0.15) is 21.4 Å². The quantitative estimate of drug-likeness (QED) is 0.906. The third-order valence-corrected chi connectivity index (χ3v) is 5.63. The van der Waals surface area contributed by atoms with Gasteiger partial charge in [0, 0.05) is 16.3 Å². The van der Waals surface area contributed by atoms with Crippen molar-refractivity contribution in [3.8, 4) is 0 Å². The molecule has 0 radical (unpaired) electrons. The monoisotopic (exact) mass is 360 g/mol. The number of nitrogens with zero attached hydrogens (tertiary/aromatic N) is 1. The lowest BCUT2D eigenvalue weighted by Gasteiger charge is -2.34. The highest BCUT2D eigenvalue weighted by Gasteiger charge is 2.32. The van der Waals surface area contributed by atoms with Crippen LogP contribution in [0.4, 0.5) is 13.2 Å². The van der Waals surface area contributed by atoms with Gasteiger partial charge in [-0.3, -0.25) is 9.69 Å². The second kappa shape index (κ2) is 6.62. The van der Waals surface area contributed by atoms with E-state index in [0.29, 0.717) is 6.54 Å². The van der Waals surface area contributed by atoms with Crippen molar-refractivity contribution in [1.29, 1.82) is 0 Å². The third-order valence-electron chi connectivity index (χ3n) is 3.71. The van der Waals surface area contributed by atoms with Gasteiger partial charge in [0.05, 0.1) is 12.6 Å². The normalized spacial score (nSPS) is 18.7. The summed E-state index contributed by atoms with van der Waals surface area (Å²) in [6.07, 6.45) is -3.56. The number of halogens is 3. The zero-order chi connectivity index (χ0) is 16.4. The first kappa shape index (κ1) is 16.5. The Morgan fingerprint density at radius 3 is 2.83 bits per heavy atom. The highest BCUT2D eigenvalue weighted by atomic mass is 32.1. The molecule has 0 spiro atoms. The van der Waals surface area contributed by atoms with Gasteiger partial charge in [-0.25, -0.2) is 0 Å². The summed E-state index contributed by atoms with van der Waals surface area (Å²) in [5.74, 6) is -0.595. The Labute approximate surface area is 139 Å². The average Bonchev–Trinajstić information content (AvgIpc) is 3.15. The van der Waals surface area contributed by atoms with E-state index in [2.05, 4.69) is 0 Å². The fourth-order valence-electron chi connectivity index (χ4n) is 2.76. The maximum Gasteiger partial charge on any atom is 0.405 e. The van der Waals surface area contributed by atoms with Gasteiger partial charge in [0.2, 0.25) is 5.91 Å². The van der Waals surface area contributed by atoms with E-state index in [4.69, 9.17) is 0 Å². The molecule has 3 nitrogen and oxygen atoms in total. The molecular weight excluding hydrogens is 345 g/mol. The number of alkyl halides is 3. The predicted molar refractivity (Wildman–Crippen MR) is 84.8 cm³/mol. The van der Waals surface area contributed by atoms with Crippen molar-refractivity contribution >= 4 is 28.6 Å². The molecule has 1 amide bonds. The zero-order valence-corrected chi connectivity index (χ0v) is 13.7. The van der Waals surface area contributed by atoms with Gasteiger partial charge < -0.3 is 5.32 Å². The number of hydrogen-bond acceptors (Lipinski definition) is 4. The Hall–Kier alpha value is -1.38. The summed E-state index contributed by atoms with van der Waals surface area (Å²) in [6, 6.07) is 5.94. The third kappa shape index (κ3) is 3.94. The molecule has 8 heteroatoms. The van der Waals surface area contributed by atoms with Gasteiger partial charge >= 0.3 is 6.18 Å². The number of rotatable bonds is 4. The molecule has 1 atom stereocenters. The lowest BCUT2D eigenvalue weighted by atomic mass is 9.98. The molecule has 2 aromatic heterocycles. The molecule has 0 bridgehead atoms. The zero-order valence-electron chi connectivity index (χ0n) is 12.1. The van der Waals surface area contributed by atoms with E-state index >= 15 is 0 Å². The van der Waals surface area contributed by atoms with Crippen LogP contribution in [0.3, 0.4) is 0 Å². The topological polar surface area (TPSA) is 32.3 Å². The lowest BCUT2D eigenvalue weighted by molar-refractivity contribution is -0.139. The second-order valence-electron chi connectivity index (χ2n) is 5.33. The maximum atomic E-state index is 12.2. The van der Waals surface area contributed by atoms with Crippen LogP contribution in [0, 0.1) is 0 Å².